The molecular weight excluding hydrogens is 454 g/mol. The van der Waals surface area contributed by atoms with Crippen LogP contribution in [-0.4, -0.2) is 47.0 Å². The number of likely N-dealkylation sites (tertiary alicyclic amines) is 1. The fraction of sp³-hybridized carbons (Fsp3) is 0.483. The standard InChI is InChI=1S/C29H37N3O4/c1-5-20-11-13-21(14-12-20)22-17-23(25(33)30-24-9-7-6-8-10-24)19-32(18-22)26(34)29(15-16-29)31-27(35)36-28(2,3)4/h6-14,22-23H,5,15-19H2,1-4H3,(H,30,33)(H,31,35). The zero-order valence-corrected chi connectivity index (χ0v) is 21.7. The Morgan fingerprint density at radius 2 is 1.67 bits per heavy atom. The van der Waals surface area contributed by atoms with Crippen molar-refractivity contribution in [3.8, 4) is 0 Å². The van der Waals surface area contributed by atoms with E-state index in [0.717, 1.165) is 17.7 Å². The maximum atomic E-state index is 13.7. The normalized spacial score (nSPS) is 20.8. The molecule has 1 aliphatic carbocycles. The van der Waals surface area contributed by atoms with Crippen LogP contribution in [-0.2, 0) is 20.7 Å². The predicted octanol–water partition coefficient (Wildman–Crippen LogP) is 4.88. The first kappa shape index (κ1) is 25.7. The monoisotopic (exact) mass is 491 g/mol. The minimum absolute atomic E-state index is 0.0254. The smallest absolute Gasteiger partial charge is 0.408 e. The van der Waals surface area contributed by atoms with Gasteiger partial charge < -0.3 is 20.3 Å². The van der Waals surface area contributed by atoms with Crippen molar-refractivity contribution in [2.45, 2.75) is 70.4 Å². The summed E-state index contributed by atoms with van der Waals surface area (Å²) in [6.45, 7) is 8.33. The van der Waals surface area contributed by atoms with Crippen LogP contribution in [0.2, 0.25) is 0 Å². The Morgan fingerprint density at radius 1 is 1.00 bits per heavy atom. The van der Waals surface area contributed by atoms with Crippen molar-refractivity contribution in [2.24, 2.45) is 5.92 Å². The van der Waals surface area contributed by atoms with Gasteiger partial charge in [0.25, 0.3) is 0 Å². The Labute approximate surface area is 213 Å². The number of para-hydroxylation sites is 1. The molecule has 1 aliphatic heterocycles. The highest BCUT2D eigenvalue weighted by Crippen LogP contribution is 2.40. The highest BCUT2D eigenvalue weighted by molar-refractivity contribution is 5.95. The van der Waals surface area contributed by atoms with Crippen LogP contribution in [0, 0.1) is 5.92 Å². The summed E-state index contributed by atoms with van der Waals surface area (Å²) in [5, 5.41) is 5.83. The third-order valence-corrected chi connectivity index (χ3v) is 6.91. The molecule has 2 aliphatic rings. The maximum Gasteiger partial charge on any atom is 0.408 e. The molecule has 2 aromatic rings. The van der Waals surface area contributed by atoms with Crippen molar-refractivity contribution in [1.82, 2.24) is 10.2 Å². The molecule has 3 amide bonds. The van der Waals surface area contributed by atoms with Crippen molar-refractivity contribution in [2.75, 3.05) is 18.4 Å². The SMILES string of the molecule is CCc1ccc(C2CC(C(=O)Nc3ccccc3)CN(C(=O)C3(NC(=O)OC(C)(C)C)CC3)C2)cc1. The first-order valence-corrected chi connectivity index (χ1v) is 12.8. The van der Waals surface area contributed by atoms with Crippen LogP contribution in [0.25, 0.3) is 0 Å². The summed E-state index contributed by atoms with van der Waals surface area (Å²) in [5.74, 6) is -0.576. The minimum atomic E-state index is -0.948. The number of piperidine rings is 1. The van der Waals surface area contributed by atoms with Gasteiger partial charge in [-0.25, -0.2) is 4.79 Å². The van der Waals surface area contributed by atoms with Crippen molar-refractivity contribution < 1.29 is 19.1 Å². The molecule has 36 heavy (non-hydrogen) atoms. The number of aryl methyl sites for hydroxylation is 1. The second-order valence-corrected chi connectivity index (χ2v) is 11.0. The molecule has 0 radical (unpaired) electrons. The van der Waals surface area contributed by atoms with Gasteiger partial charge in [0.1, 0.15) is 11.1 Å². The summed E-state index contributed by atoms with van der Waals surface area (Å²) in [6, 6.07) is 17.8. The molecule has 1 heterocycles. The van der Waals surface area contributed by atoms with Gasteiger partial charge in [0.15, 0.2) is 0 Å². The van der Waals surface area contributed by atoms with E-state index >= 15 is 0 Å². The van der Waals surface area contributed by atoms with E-state index in [9.17, 15) is 14.4 Å². The number of hydrogen-bond donors (Lipinski definition) is 2. The van der Waals surface area contributed by atoms with E-state index in [4.69, 9.17) is 4.74 Å². The lowest BCUT2D eigenvalue weighted by Crippen LogP contribution is -2.55. The fourth-order valence-electron chi connectivity index (χ4n) is 4.81. The molecule has 4 rings (SSSR count). The van der Waals surface area contributed by atoms with Crippen LogP contribution in [0.15, 0.2) is 54.6 Å². The van der Waals surface area contributed by atoms with E-state index in [2.05, 4.69) is 41.8 Å². The second kappa shape index (κ2) is 10.3. The Balaban J connectivity index is 1.53. The van der Waals surface area contributed by atoms with Crippen molar-refractivity contribution in [3.05, 3.63) is 65.7 Å². The topological polar surface area (TPSA) is 87.7 Å². The lowest BCUT2D eigenvalue weighted by atomic mass is 9.83. The van der Waals surface area contributed by atoms with Crippen LogP contribution in [0.4, 0.5) is 10.5 Å². The third-order valence-electron chi connectivity index (χ3n) is 6.91. The summed E-state index contributed by atoms with van der Waals surface area (Å²) in [5.41, 5.74) is 1.51. The Kier molecular flexibility index (Phi) is 7.38. The van der Waals surface area contributed by atoms with Crippen LogP contribution >= 0.6 is 0 Å². The lowest BCUT2D eigenvalue weighted by molar-refractivity contribution is -0.138. The van der Waals surface area contributed by atoms with E-state index in [1.54, 1.807) is 25.7 Å². The number of hydrogen-bond acceptors (Lipinski definition) is 4. The van der Waals surface area contributed by atoms with E-state index in [1.807, 2.05) is 30.3 Å². The molecule has 2 aromatic carbocycles. The third kappa shape index (κ3) is 6.25. The minimum Gasteiger partial charge on any atom is -0.444 e. The van der Waals surface area contributed by atoms with Gasteiger partial charge in [-0.05, 0) is 69.7 Å². The average molecular weight is 492 g/mol. The van der Waals surface area contributed by atoms with E-state index in [1.165, 1.54) is 5.56 Å². The fourth-order valence-corrected chi connectivity index (χ4v) is 4.81. The number of carbonyl (C=O) groups excluding carboxylic acids is 3. The number of benzene rings is 2. The van der Waals surface area contributed by atoms with Crippen molar-refractivity contribution in [3.63, 3.8) is 0 Å². The molecule has 2 atom stereocenters. The second-order valence-electron chi connectivity index (χ2n) is 11.0. The first-order chi connectivity index (χ1) is 17.1. The molecule has 1 saturated heterocycles. The van der Waals surface area contributed by atoms with Crippen molar-refractivity contribution in [1.29, 1.82) is 0 Å². The zero-order valence-electron chi connectivity index (χ0n) is 21.7. The molecule has 0 spiro atoms. The van der Waals surface area contributed by atoms with Gasteiger partial charge in [0, 0.05) is 24.7 Å². The van der Waals surface area contributed by atoms with Crippen molar-refractivity contribution >= 4 is 23.6 Å². The lowest BCUT2D eigenvalue weighted by Gasteiger charge is -2.39. The van der Waals surface area contributed by atoms with Gasteiger partial charge in [-0.1, -0.05) is 49.4 Å². The Morgan fingerprint density at radius 3 is 2.25 bits per heavy atom. The Bertz CT molecular complexity index is 1090. The van der Waals surface area contributed by atoms with E-state index in [0.29, 0.717) is 32.4 Å². The number of alkyl carbamates (subject to hydrolysis) is 1. The number of anilines is 1. The highest BCUT2D eigenvalue weighted by Gasteiger charge is 2.54. The number of carbonyl (C=O) groups is 3. The molecule has 192 valence electrons. The van der Waals surface area contributed by atoms with E-state index < -0.39 is 17.2 Å². The molecule has 0 bridgehead atoms. The molecular formula is C29H37N3O4. The number of nitrogens with zero attached hydrogens (tertiary/aromatic N) is 1. The molecule has 2 fully saturated rings. The molecule has 0 aromatic heterocycles. The number of nitrogens with one attached hydrogen (secondary N) is 2. The summed E-state index contributed by atoms with van der Waals surface area (Å²) >= 11 is 0. The molecule has 2 unspecified atom stereocenters. The van der Waals surface area contributed by atoms with Crippen LogP contribution in [0.5, 0.6) is 0 Å². The van der Waals surface area contributed by atoms with Gasteiger partial charge >= 0.3 is 6.09 Å². The average Bonchev–Trinajstić information content (AvgIpc) is 3.63. The zero-order chi connectivity index (χ0) is 25.9. The first-order valence-electron chi connectivity index (χ1n) is 12.8. The maximum absolute atomic E-state index is 13.7. The predicted molar refractivity (Wildman–Crippen MR) is 140 cm³/mol. The van der Waals surface area contributed by atoms with Gasteiger partial charge in [0.2, 0.25) is 11.8 Å². The largest absolute Gasteiger partial charge is 0.444 e. The van der Waals surface area contributed by atoms with Gasteiger partial charge in [-0.3, -0.25) is 9.59 Å². The summed E-state index contributed by atoms with van der Waals surface area (Å²) in [7, 11) is 0. The van der Waals surface area contributed by atoms with Crippen LogP contribution in [0.3, 0.4) is 0 Å². The van der Waals surface area contributed by atoms with Crippen LogP contribution < -0.4 is 10.6 Å². The summed E-state index contributed by atoms with van der Waals surface area (Å²) in [4.78, 5) is 41.2. The van der Waals surface area contributed by atoms with Gasteiger partial charge in [-0.15, -0.1) is 0 Å². The number of amides is 3. The van der Waals surface area contributed by atoms with Gasteiger partial charge in [0.05, 0.1) is 5.92 Å². The summed E-state index contributed by atoms with van der Waals surface area (Å²) < 4.78 is 5.40. The van der Waals surface area contributed by atoms with E-state index in [-0.39, 0.29) is 23.7 Å². The molecule has 1 saturated carbocycles. The van der Waals surface area contributed by atoms with Gasteiger partial charge in [-0.2, -0.15) is 0 Å². The molecule has 7 nitrogen and oxygen atoms in total. The molecule has 7 heteroatoms. The highest BCUT2D eigenvalue weighted by atomic mass is 16.6. The number of rotatable bonds is 6. The Hall–Kier alpha value is -3.35. The summed E-state index contributed by atoms with van der Waals surface area (Å²) in [6.07, 6.45) is 2.16. The quantitative estimate of drug-likeness (QED) is 0.603. The van der Waals surface area contributed by atoms with Crippen LogP contribution in [0.1, 0.15) is 64.0 Å². The number of ether oxygens (including phenoxy) is 1. The molecule has 2 N–H and O–H groups in total.